The van der Waals surface area contributed by atoms with Crippen molar-refractivity contribution in [2.24, 2.45) is 10.1 Å². The fourth-order valence-electron chi connectivity index (χ4n) is 3.44. The minimum Gasteiger partial charge on any atom is -0.482 e. The highest BCUT2D eigenvalue weighted by Gasteiger charge is 2.18. The molecule has 0 saturated heterocycles. The summed E-state index contributed by atoms with van der Waals surface area (Å²) >= 11 is 1.45. The van der Waals surface area contributed by atoms with Crippen LogP contribution in [0.2, 0.25) is 0 Å². The van der Waals surface area contributed by atoms with Crippen molar-refractivity contribution < 1.29 is 9.53 Å². The first-order valence-corrected chi connectivity index (χ1v) is 11.3. The number of benzene rings is 2. The zero-order valence-electron chi connectivity index (χ0n) is 18.1. The Bertz CT molecular complexity index is 1510. The Balaban J connectivity index is 1.64. The van der Waals surface area contributed by atoms with E-state index in [2.05, 4.69) is 16.4 Å². The maximum Gasteiger partial charge on any atom is 0.262 e. The van der Waals surface area contributed by atoms with E-state index in [0.29, 0.717) is 27.5 Å². The number of anilines is 1. The fraction of sp³-hybridized carbons (Fsp3) is 0.0800. The van der Waals surface area contributed by atoms with Crippen molar-refractivity contribution in [1.82, 2.24) is 9.66 Å². The van der Waals surface area contributed by atoms with Crippen molar-refractivity contribution in [2.45, 2.75) is 6.92 Å². The Morgan fingerprint density at radius 3 is 2.85 bits per heavy atom. The molecule has 0 saturated carbocycles. The van der Waals surface area contributed by atoms with Crippen molar-refractivity contribution >= 4 is 34.3 Å². The second-order valence-electron chi connectivity index (χ2n) is 7.46. The van der Waals surface area contributed by atoms with E-state index in [1.807, 2.05) is 54.8 Å². The van der Waals surface area contributed by atoms with Gasteiger partial charge in [0.05, 0.1) is 40.6 Å². The summed E-state index contributed by atoms with van der Waals surface area (Å²) in [6.45, 7) is 1.91. The maximum atomic E-state index is 11.8. The minimum atomic E-state index is -0.190. The van der Waals surface area contributed by atoms with Crippen LogP contribution in [0.5, 0.6) is 5.75 Å². The number of aromatic nitrogens is 2. The van der Waals surface area contributed by atoms with E-state index in [1.165, 1.54) is 11.3 Å². The molecule has 1 aliphatic heterocycles. The van der Waals surface area contributed by atoms with Crippen LogP contribution >= 0.6 is 11.3 Å². The van der Waals surface area contributed by atoms with Gasteiger partial charge in [0, 0.05) is 17.1 Å². The summed E-state index contributed by atoms with van der Waals surface area (Å²) in [6.07, 6.45) is 3.39. The number of pyridine rings is 1. The lowest BCUT2D eigenvalue weighted by Gasteiger charge is -2.18. The highest BCUT2D eigenvalue weighted by atomic mass is 32.1. The molecule has 0 bridgehead atoms. The van der Waals surface area contributed by atoms with Gasteiger partial charge in [0.1, 0.15) is 5.75 Å². The summed E-state index contributed by atoms with van der Waals surface area (Å²) in [4.78, 5) is 21.3. The fourth-order valence-corrected chi connectivity index (χ4v) is 4.29. The van der Waals surface area contributed by atoms with Gasteiger partial charge in [-0.2, -0.15) is 10.4 Å². The number of hydrogen-bond donors (Lipinski definition) is 1. The van der Waals surface area contributed by atoms with Crippen LogP contribution in [-0.4, -0.2) is 27.9 Å². The van der Waals surface area contributed by atoms with Crippen LogP contribution in [-0.2, 0) is 4.79 Å². The molecule has 0 radical (unpaired) electrons. The Labute approximate surface area is 199 Å². The third-order valence-corrected chi connectivity index (χ3v) is 5.96. The van der Waals surface area contributed by atoms with Gasteiger partial charge in [0.25, 0.3) is 5.91 Å². The minimum absolute atomic E-state index is 0.00696. The molecule has 166 valence electrons. The van der Waals surface area contributed by atoms with E-state index in [1.54, 1.807) is 29.2 Å². The molecule has 2 aromatic carbocycles. The number of thiazole rings is 1. The average Bonchev–Trinajstić information content (AvgIpc) is 3.26. The van der Waals surface area contributed by atoms with Crippen LogP contribution in [0.1, 0.15) is 18.1 Å². The van der Waals surface area contributed by atoms with Gasteiger partial charge in [0.15, 0.2) is 6.61 Å². The highest BCUT2D eigenvalue weighted by molar-refractivity contribution is 7.07. The molecule has 8 nitrogen and oxygen atoms in total. The van der Waals surface area contributed by atoms with E-state index < -0.39 is 0 Å². The van der Waals surface area contributed by atoms with Gasteiger partial charge in [-0.1, -0.05) is 12.1 Å². The van der Waals surface area contributed by atoms with Gasteiger partial charge in [-0.15, -0.1) is 11.3 Å². The zero-order chi connectivity index (χ0) is 23.5. The molecule has 4 aromatic rings. The van der Waals surface area contributed by atoms with E-state index >= 15 is 0 Å². The zero-order valence-corrected chi connectivity index (χ0v) is 18.9. The number of nitriles is 1. The molecular formula is C25H18N6O2S. The van der Waals surface area contributed by atoms with Gasteiger partial charge < -0.3 is 10.1 Å². The number of carbonyl (C=O) groups excluding carboxylic acids is 1. The van der Waals surface area contributed by atoms with Gasteiger partial charge >= 0.3 is 0 Å². The first-order chi connectivity index (χ1) is 16.6. The summed E-state index contributed by atoms with van der Waals surface area (Å²) < 4.78 is 7.27. The van der Waals surface area contributed by atoms with Crippen molar-refractivity contribution in [3.63, 3.8) is 0 Å². The first-order valence-electron chi connectivity index (χ1n) is 10.4. The van der Waals surface area contributed by atoms with Gasteiger partial charge in [-0.05, 0) is 55.0 Å². The summed E-state index contributed by atoms with van der Waals surface area (Å²) in [5, 5.41) is 18.8. The van der Waals surface area contributed by atoms with Crippen molar-refractivity contribution in [2.75, 3.05) is 11.9 Å². The quantitative estimate of drug-likeness (QED) is 0.452. The first kappa shape index (κ1) is 21.3. The molecule has 0 unspecified atom stereocenters. The molecule has 0 aliphatic carbocycles. The van der Waals surface area contributed by atoms with Crippen LogP contribution in [0.4, 0.5) is 11.4 Å². The topological polar surface area (TPSA) is 105 Å². The molecule has 0 fully saturated rings. The summed E-state index contributed by atoms with van der Waals surface area (Å²) in [5.41, 5.74) is 5.22. The number of carbonyl (C=O) groups is 1. The molecule has 1 amide bonds. The number of fused-ring (bicyclic) bond motifs is 1. The number of amides is 1. The monoisotopic (exact) mass is 466 g/mol. The molecule has 0 spiro atoms. The van der Waals surface area contributed by atoms with E-state index in [9.17, 15) is 4.79 Å². The average molecular weight is 467 g/mol. The van der Waals surface area contributed by atoms with Crippen molar-refractivity contribution in [1.29, 1.82) is 5.26 Å². The van der Waals surface area contributed by atoms with E-state index in [4.69, 9.17) is 20.1 Å². The standard InChI is InChI=1S/C25H18N6O2S/c1-16(18-6-4-17(12-26)5-7-18)30-31-22(15-34-25(31)28-20-3-2-10-27-13-20)19-8-9-23-21(11-19)29-24(32)14-33-23/h2-11,13,15H,14H2,1H3,(H,29,32)/b28-25?,30-16+. The molecule has 34 heavy (non-hydrogen) atoms. The van der Waals surface area contributed by atoms with E-state index in [0.717, 1.165) is 22.5 Å². The number of rotatable bonds is 4. The summed E-state index contributed by atoms with van der Waals surface area (Å²) in [5.74, 6) is 0.437. The highest BCUT2D eigenvalue weighted by Crippen LogP contribution is 2.33. The third kappa shape index (κ3) is 4.35. The normalized spacial score (nSPS) is 13.6. The predicted octanol–water partition coefficient (Wildman–Crippen LogP) is 4.32. The smallest absolute Gasteiger partial charge is 0.262 e. The van der Waals surface area contributed by atoms with E-state index in [-0.39, 0.29) is 12.5 Å². The lowest BCUT2D eigenvalue weighted by molar-refractivity contribution is -0.118. The Morgan fingerprint density at radius 2 is 2.09 bits per heavy atom. The van der Waals surface area contributed by atoms with Crippen molar-refractivity contribution in [3.8, 4) is 23.1 Å². The second-order valence-corrected chi connectivity index (χ2v) is 8.30. The van der Waals surface area contributed by atoms with Crippen LogP contribution in [0.25, 0.3) is 11.3 Å². The molecule has 2 aromatic heterocycles. The largest absolute Gasteiger partial charge is 0.482 e. The molecule has 0 atom stereocenters. The van der Waals surface area contributed by atoms with Crippen LogP contribution in [0.15, 0.2) is 82.5 Å². The maximum absolute atomic E-state index is 11.8. The van der Waals surface area contributed by atoms with Crippen LogP contribution < -0.4 is 14.9 Å². The Hall–Kier alpha value is -4.55. The third-order valence-electron chi connectivity index (χ3n) is 5.15. The molecule has 9 heteroatoms. The van der Waals surface area contributed by atoms with Gasteiger partial charge in [-0.3, -0.25) is 9.78 Å². The SMILES string of the molecule is C/C(=N\n1c(-c2ccc3c(c2)NC(=O)CO3)csc1=Nc1cccnc1)c1ccc(C#N)cc1. The lowest BCUT2D eigenvalue weighted by Crippen LogP contribution is -2.25. The molecular weight excluding hydrogens is 448 g/mol. The molecule has 1 N–H and O–H groups in total. The number of ether oxygens (including phenoxy) is 1. The summed E-state index contributed by atoms with van der Waals surface area (Å²) in [7, 11) is 0. The van der Waals surface area contributed by atoms with Gasteiger partial charge in [-0.25, -0.2) is 9.67 Å². The lowest BCUT2D eigenvalue weighted by atomic mass is 10.1. The number of hydrogen-bond acceptors (Lipinski definition) is 7. The van der Waals surface area contributed by atoms with Crippen molar-refractivity contribution in [3.05, 3.63) is 88.3 Å². The molecule has 3 heterocycles. The number of nitrogens with zero attached hydrogens (tertiary/aromatic N) is 5. The molecule has 5 rings (SSSR count). The summed E-state index contributed by atoms with van der Waals surface area (Å²) in [6, 6.07) is 18.7. The number of nitrogens with one attached hydrogen (secondary N) is 1. The second kappa shape index (κ2) is 9.13. The van der Waals surface area contributed by atoms with Crippen LogP contribution in [0, 0.1) is 11.3 Å². The molecule has 1 aliphatic rings. The van der Waals surface area contributed by atoms with Gasteiger partial charge in [0.2, 0.25) is 4.80 Å². The predicted molar refractivity (Wildman–Crippen MR) is 130 cm³/mol. The Morgan fingerprint density at radius 1 is 1.24 bits per heavy atom. The van der Waals surface area contributed by atoms with Crippen LogP contribution in [0.3, 0.4) is 0 Å². The Kier molecular flexibility index (Phi) is 5.72.